The van der Waals surface area contributed by atoms with Gasteiger partial charge in [-0.05, 0) is 12.5 Å². The standard InChI is InChI=1S/C21H22F3NO4S2/c1-3-4-10-15-13-30-19-12-18(29-31(26,27)21(22,23)24)17(28-2)11-16(19)20(25-15)14-8-6-5-7-9-14/h5-9,11-12,15H,3-4,10,13H2,1-2H3. The van der Waals surface area contributed by atoms with Gasteiger partial charge in [-0.15, -0.1) is 11.8 Å². The van der Waals surface area contributed by atoms with E-state index in [4.69, 9.17) is 9.73 Å². The van der Waals surface area contributed by atoms with Gasteiger partial charge in [0.05, 0.1) is 18.9 Å². The molecule has 0 saturated heterocycles. The van der Waals surface area contributed by atoms with Crippen molar-refractivity contribution in [3.63, 3.8) is 0 Å². The normalized spacial score (nSPS) is 16.8. The number of fused-ring (bicyclic) bond motifs is 1. The summed E-state index contributed by atoms with van der Waals surface area (Å²) in [7, 11) is -4.59. The highest BCUT2D eigenvalue weighted by Crippen LogP contribution is 2.41. The minimum atomic E-state index is -5.83. The summed E-state index contributed by atoms with van der Waals surface area (Å²) >= 11 is 1.41. The minimum Gasteiger partial charge on any atom is -0.493 e. The fourth-order valence-electron chi connectivity index (χ4n) is 3.12. The third-order valence-electron chi connectivity index (χ3n) is 4.68. The summed E-state index contributed by atoms with van der Waals surface area (Å²) in [6, 6.07) is 12.2. The maximum atomic E-state index is 12.8. The Labute approximate surface area is 183 Å². The summed E-state index contributed by atoms with van der Waals surface area (Å²) < 4.78 is 71.2. The van der Waals surface area contributed by atoms with E-state index in [1.807, 2.05) is 30.3 Å². The average Bonchev–Trinajstić information content (AvgIpc) is 2.90. The second-order valence-corrected chi connectivity index (χ2v) is 9.53. The molecule has 1 heterocycles. The zero-order valence-corrected chi connectivity index (χ0v) is 18.6. The molecule has 0 bridgehead atoms. The van der Waals surface area contributed by atoms with Crippen molar-refractivity contribution >= 4 is 27.6 Å². The lowest BCUT2D eigenvalue weighted by molar-refractivity contribution is -0.0500. The molecule has 10 heteroatoms. The molecule has 168 valence electrons. The molecule has 0 aliphatic carbocycles. The van der Waals surface area contributed by atoms with Crippen LogP contribution in [0.25, 0.3) is 0 Å². The van der Waals surface area contributed by atoms with Gasteiger partial charge >= 0.3 is 15.6 Å². The number of methoxy groups -OCH3 is 1. The first-order chi connectivity index (χ1) is 14.7. The summed E-state index contributed by atoms with van der Waals surface area (Å²) in [4.78, 5) is 5.52. The van der Waals surface area contributed by atoms with Crippen LogP contribution in [0.3, 0.4) is 0 Å². The predicted molar refractivity (Wildman–Crippen MR) is 115 cm³/mol. The fraction of sp³-hybridized carbons (Fsp3) is 0.381. The van der Waals surface area contributed by atoms with Gasteiger partial charge in [-0.25, -0.2) is 0 Å². The van der Waals surface area contributed by atoms with Gasteiger partial charge in [0.2, 0.25) is 0 Å². The molecule has 0 saturated carbocycles. The van der Waals surface area contributed by atoms with Crippen LogP contribution >= 0.6 is 11.8 Å². The number of hydrogen-bond donors (Lipinski definition) is 0. The van der Waals surface area contributed by atoms with E-state index in [-0.39, 0.29) is 11.8 Å². The van der Waals surface area contributed by atoms with E-state index in [1.54, 1.807) is 0 Å². The van der Waals surface area contributed by atoms with Crippen LogP contribution < -0.4 is 8.92 Å². The molecule has 1 aliphatic rings. The average molecular weight is 474 g/mol. The van der Waals surface area contributed by atoms with Crippen molar-refractivity contribution < 1.29 is 30.5 Å². The Morgan fingerprint density at radius 3 is 2.48 bits per heavy atom. The van der Waals surface area contributed by atoms with Crippen LogP contribution in [0, 0.1) is 0 Å². The van der Waals surface area contributed by atoms with E-state index < -0.39 is 21.4 Å². The molecular formula is C21H22F3NO4S2. The predicted octanol–water partition coefficient (Wildman–Crippen LogP) is 5.43. The Bertz CT molecular complexity index is 1050. The lowest BCUT2D eigenvalue weighted by Crippen LogP contribution is -2.28. The van der Waals surface area contributed by atoms with Gasteiger partial charge in [-0.1, -0.05) is 50.1 Å². The molecule has 0 aromatic heterocycles. The topological polar surface area (TPSA) is 65.0 Å². The highest BCUT2D eigenvalue weighted by Gasteiger charge is 2.49. The van der Waals surface area contributed by atoms with Gasteiger partial charge in [0.25, 0.3) is 0 Å². The van der Waals surface area contributed by atoms with Crippen molar-refractivity contribution in [3.05, 3.63) is 53.6 Å². The molecule has 1 unspecified atom stereocenters. The van der Waals surface area contributed by atoms with Crippen LogP contribution in [-0.4, -0.2) is 38.5 Å². The smallest absolute Gasteiger partial charge is 0.493 e. The SMILES string of the molecule is CCCCC1CSc2cc(OS(=O)(=O)C(F)(F)F)c(OC)cc2C(c2ccccc2)=N1. The van der Waals surface area contributed by atoms with Crippen molar-refractivity contribution in [2.24, 2.45) is 4.99 Å². The number of rotatable bonds is 7. The van der Waals surface area contributed by atoms with E-state index >= 15 is 0 Å². The Hall–Kier alpha value is -2.20. The van der Waals surface area contributed by atoms with E-state index in [1.165, 1.54) is 31.0 Å². The third kappa shape index (κ3) is 5.35. The van der Waals surface area contributed by atoms with E-state index in [9.17, 15) is 21.6 Å². The molecule has 2 aromatic carbocycles. The van der Waals surface area contributed by atoms with Crippen molar-refractivity contribution in [2.45, 2.75) is 42.6 Å². The summed E-state index contributed by atoms with van der Waals surface area (Å²) in [6.07, 6.45) is 2.89. The Kier molecular flexibility index (Phi) is 7.20. The van der Waals surface area contributed by atoms with Crippen molar-refractivity contribution in [3.8, 4) is 11.5 Å². The molecule has 0 fully saturated rings. The molecule has 0 radical (unpaired) electrons. The summed E-state index contributed by atoms with van der Waals surface area (Å²) in [5.41, 5.74) is -3.35. The van der Waals surface area contributed by atoms with Crippen LogP contribution in [0.2, 0.25) is 0 Å². The highest BCUT2D eigenvalue weighted by atomic mass is 32.2. The Morgan fingerprint density at radius 2 is 1.87 bits per heavy atom. The van der Waals surface area contributed by atoms with Gasteiger partial charge in [0.1, 0.15) is 0 Å². The quantitative estimate of drug-likeness (QED) is 0.397. The van der Waals surface area contributed by atoms with E-state index in [0.717, 1.165) is 24.8 Å². The first-order valence-corrected chi connectivity index (χ1v) is 12.0. The lowest BCUT2D eigenvalue weighted by Gasteiger charge is -2.16. The molecule has 31 heavy (non-hydrogen) atoms. The zero-order valence-electron chi connectivity index (χ0n) is 17.0. The number of unbranched alkanes of at least 4 members (excludes halogenated alkanes) is 1. The highest BCUT2D eigenvalue weighted by molar-refractivity contribution is 7.99. The van der Waals surface area contributed by atoms with Gasteiger partial charge in [0, 0.05) is 27.8 Å². The fourth-order valence-corrected chi connectivity index (χ4v) is 4.70. The Balaban J connectivity index is 2.11. The zero-order chi connectivity index (χ0) is 22.6. The minimum absolute atomic E-state index is 0.0156. The van der Waals surface area contributed by atoms with Crippen molar-refractivity contribution in [2.75, 3.05) is 12.9 Å². The molecule has 0 amide bonds. The molecule has 1 atom stereocenters. The van der Waals surface area contributed by atoms with Crippen molar-refractivity contribution in [1.29, 1.82) is 0 Å². The number of ether oxygens (including phenoxy) is 1. The first-order valence-electron chi connectivity index (χ1n) is 9.65. The number of alkyl halides is 3. The monoisotopic (exact) mass is 473 g/mol. The number of nitrogens with zero attached hydrogens (tertiary/aromatic N) is 1. The van der Waals surface area contributed by atoms with Crippen LogP contribution in [0.15, 0.2) is 52.4 Å². The van der Waals surface area contributed by atoms with Gasteiger partial charge in [-0.2, -0.15) is 21.6 Å². The maximum Gasteiger partial charge on any atom is 0.534 e. The summed E-state index contributed by atoms with van der Waals surface area (Å²) in [5, 5.41) is 0. The first kappa shape index (κ1) is 23.5. The van der Waals surface area contributed by atoms with Crippen LogP contribution in [0.5, 0.6) is 11.5 Å². The largest absolute Gasteiger partial charge is 0.534 e. The summed E-state index contributed by atoms with van der Waals surface area (Å²) in [6.45, 7) is 2.09. The molecular weight excluding hydrogens is 451 g/mol. The molecule has 0 spiro atoms. The number of benzene rings is 2. The number of thioether (sulfide) groups is 1. The maximum absolute atomic E-state index is 12.8. The second-order valence-electron chi connectivity index (χ2n) is 6.93. The van der Waals surface area contributed by atoms with Crippen LogP contribution in [-0.2, 0) is 10.1 Å². The molecule has 1 aliphatic heterocycles. The summed E-state index contributed by atoms with van der Waals surface area (Å²) in [5.74, 6) is -0.0190. The number of halogens is 3. The Morgan fingerprint density at radius 1 is 1.16 bits per heavy atom. The number of hydrogen-bond acceptors (Lipinski definition) is 6. The third-order valence-corrected chi connectivity index (χ3v) is 6.85. The van der Waals surface area contributed by atoms with Gasteiger partial charge < -0.3 is 8.92 Å². The van der Waals surface area contributed by atoms with Crippen LogP contribution in [0.4, 0.5) is 13.2 Å². The van der Waals surface area contributed by atoms with Crippen molar-refractivity contribution in [1.82, 2.24) is 0 Å². The van der Waals surface area contributed by atoms with E-state index in [2.05, 4.69) is 11.1 Å². The second kappa shape index (κ2) is 9.52. The lowest BCUT2D eigenvalue weighted by atomic mass is 10.0. The van der Waals surface area contributed by atoms with E-state index in [0.29, 0.717) is 21.9 Å². The molecule has 3 rings (SSSR count). The number of aliphatic imine (C=N–C) groups is 1. The molecule has 0 N–H and O–H groups in total. The van der Waals surface area contributed by atoms with Gasteiger partial charge in [-0.3, -0.25) is 4.99 Å². The molecule has 2 aromatic rings. The molecule has 5 nitrogen and oxygen atoms in total. The van der Waals surface area contributed by atoms with Crippen LogP contribution in [0.1, 0.15) is 37.3 Å². The van der Waals surface area contributed by atoms with Gasteiger partial charge in [0.15, 0.2) is 11.5 Å².